The lowest BCUT2D eigenvalue weighted by Crippen LogP contribution is -2.02. The molecule has 0 heterocycles. The number of hydrogen-bond donors (Lipinski definition) is 1. The average molecular weight is 115 g/mol. The van der Waals surface area contributed by atoms with E-state index in [1.165, 1.54) is 0 Å². The van der Waals surface area contributed by atoms with Crippen LogP contribution in [-0.4, -0.2) is 23.5 Å². The van der Waals surface area contributed by atoms with Crippen molar-refractivity contribution in [2.75, 3.05) is 6.61 Å². The maximum atomic E-state index is 8.45. The van der Waals surface area contributed by atoms with Gasteiger partial charge in [0.15, 0.2) is 0 Å². The second kappa shape index (κ2) is 3.61. The van der Waals surface area contributed by atoms with Gasteiger partial charge in [-0.15, -0.1) is 0 Å². The van der Waals surface area contributed by atoms with Crippen molar-refractivity contribution < 1.29 is 5.11 Å². The molecule has 0 atom stereocenters. The Hall–Kier alpha value is -0.370. The van der Waals surface area contributed by atoms with E-state index >= 15 is 0 Å². The van der Waals surface area contributed by atoms with E-state index in [-0.39, 0.29) is 6.61 Å². The van der Waals surface area contributed by atoms with Gasteiger partial charge >= 0.3 is 0 Å². The third kappa shape index (κ3) is 3.81. The number of aliphatic hydroxyl groups excluding tert-OH is 1. The average Bonchev–Trinajstić information content (AvgIpc) is 1.65. The lowest BCUT2D eigenvalue weighted by molar-refractivity contribution is 0.356. The minimum atomic E-state index is 0.0815. The van der Waals surface area contributed by atoms with Gasteiger partial charge in [-0.05, 0) is 20.8 Å². The molecule has 0 spiro atoms. The van der Waals surface area contributed by atoms with Crippen molar-refractivity contribution in [3.05, 3.63) is 0 Å². The highest BCUT2D eigenvalue weighted by atomic mass is 16.3. The summed E-state index contributed by atoms with van der Waals surface area (Å²) in [6, 6.07) is 0.308. The predicted octanol–water partition coefficient (Wildman–Crippen LogP) is 0.848. The lowest BCUT2D eigenvalue weighted by Gasteiger charge is -1.96. The smallest absolute Gasteiger partial charge is 0.0806 e. The zero-order valence-electron chi connectivity index (χ0n) is 5.68. The summed E-state index contributed by atoms with van der Waals surface area (Å²) in [6.45, 7) is 5.87. The normalized spacial score (nSPS) is 12.9. The fourth-order valence-electron chi connectivity index (χ4n) is 0.482. The Morgan fingerprint density at radius 2 is 2.12 bits per heavy atom. The van der Waals surface area contributed by atoms with Crippen molar-refractivity contribution in [3.8, 4) is 0 Å². The molecule has 0 aliphatic carbocycles. The van der Waals surface area contributed by atoms with Crippen molar-refractivity contribution >= 4 is 5.71 Å². The molecule has 0 amide bonds. The topological polar surface area (TPSA) is 32.6 Å². The van der Waals surface area contributed by atoms with Crippen LogP contribution >= 0.6 is 0 Å². The monoisotopic (exact) mass is 115 g/mol. The Bertz CT molecular complexity index is 86.5. The van der Waals surface area contributed by atoms with Crippen LogP contribution in [0.25, 0.3) is 0 Å². The minimum Gasteiger partial charge on any atom is -0.390 e. The van der Waals surface area contributed by atoms with E-state index in [4.69, 9.17) is 5.11 Å². The van der Waals surface area contributed by atoms with Crippen LogP contribution < -0.4 is 0 Å². The van der Waals surface area contributed by atoms with Gasteiger partial charge in [0.05, 0.1) is 6.61 Å². The third-order valence-electron chi connectivity index (χ3n) is 0.707. The SMILES string of the molecule is CC(CO)=NC(C)C. The van der Waals surface area contributed by atoms with Gasteiger partial charge in [-0.25, -0.2) is 0 Å². The number of nitrogens with zero attached hydrogens (tertiary/aromatic N) is 1. The Labute approximate surface area is 50.3 Å². The molecule has 0 aromatic rings. The molecule has 0 aliphatic rings. The summed E-state index contributed by atoms with van der Waals surface area (Å²) in [4.78, 5) is 4.06. The van der Waals surface area contributed by atoms with Crippen molar-refractivity contribution in [2.24, 2.45) is 4.99 Å². The minimum absolute atomic E-state index is 0.0815. The van der Waals surface area contributed by atoms with Crippen LogP contribution in [-0.2, 0) is 0 Å². The molecule has 0 aromatic heterocycles. The van der Waals surface area contributed by atoms with Gasteiger partial charge in [-0.3, -0.25) is 4.99 Å². The van der Waals surface area contributed by atoms with Crippen LogP contribution in [0.3, 0.4) is 0 Å². The molecule has 48 valence electrons. The van der Waals surface area contributed by atoms with Crippen molar-refractivity contribution in [1.29, 1.82) is 0 Å². The van der Waals surface area contributed by atoms with E-state index in [0.29, 0.717) is 6.04 Å². The van der Waals surface area contributed by atoms with E-state index in [1.54, 1.807) is 0 Å². The largest absolute Gasteiger partial charge is 0.390 e. The van der Waals surface area contributed by atoms with Gasteiger partial charge in [-0.2, -0.15) is 0 Å². The molecule has 0 aliphatic heterocycles. The van der Waals surface area contributed by atoms with Gasteiger partial charge in [0.1, 0.15) is 0 Å². The molecule has 0 saturated carbocycles. The standard InChI is InChI=1S/C6H13NO/c1-5(2)7-6(3)4-8/h5,8H,4H2,1-3H3. The van der Waals surface area contributed by atoms with Gasteiger partial charge in [0, 0.05) is 11.8 Å². The number of aliphatic imine (C=N–C) groups is 1. The molecule has 0 radical (unpaired) electrons. The maximum Gasteiger partial charge on any atom is 0.0806 e. The lowest BCUT2D eigenvalue weighted by atomic mass is 10.4. The summed E-state index contributed by atoms with van der Waals surface area (Å²) in [6.07, 6.45) is 0. The first-order valence-electron chi connectivity index (χ1n) is 2.81. The van der Waals surface area contributed by atoms with Crippen LogP contribution in [0.2, 0.25) is 0 Å². The second-order valence-electron chi connectivity index (χ2n) is 2.12. The Morgan fingerprint density at radius 3 is 2.25 bits per heavy atom. The summed E-state index contributed by atoms with van der Waals surface area (Å²) in [5.41, 5.74) is 0.806. The highest BCUT2D eigenvalue weighted by Crippen LogP contribution is 1.86. The Morgan fingerprint density at radius 1 is 1.62 bits per heavy atom. The summed E-state index contributed by atoms with van der Waals surface area (Å²) in [7, 11) is 0. The van der Waals surface area contributed by atoms with Crippen LogP contribution in [0.4, 0.5) is 0 Å². The summed E-state index contributed by atoms with van der Waals surface area (Å²) in [5.74, 6) is 0. The molecule has 0 unspecified atom stereocenters. The van der Waals surface area contributed by atoms with Crippen LogP contribution in [0.5, 0.6) is 0 Å². The molecule has 0 aromatic carbocycles. The zero-order valence-corrected chi connectivity index (χ0v) is 5.68. The van der Waals surface area contributed by atoms with Gasteiger partial charge in [0.25, 0.3) is 0 Å². The number of hydrogen-bond acceptors (Lipinski definition) is 2. The van der Waals surface area contributed by atoms with Gasteiger partial charge < -0.3 is 5.11 Å². The summed E-state index contributed by atoms with van der Waals surface area (Å²) in [5, 5.41) is 8.45. The van der Waals surface area contributed by atoms with E-state index in [9.17, 15) is 0 Å². The molecule has 2 nitrogen and oxygen atoms in total. The van der Waals surface area contributed by atoms with Crippen LogP contribution in [0.1, 0.15) is 20.8 Å². The molecule has 2 heteroatoms. The van der Waals surface area contributed by atoms with Gasteiger partial charge in [0.2, 0.25) is 0 Å². The molecule has 0 bridgehead atoms. The Kier molecular flexibility index (Phi) is 3.44. The molecular weight excluding hydrogens is 102 g/mol. The fourth-order valence-corrected chi connectivity index (χ4v) is 0.482. The molecule has 1 N–H and O–H groups in total. The highest BCUT2D eigenvalue weighted by Gasteiger charge is 1.88. The first-order chi connectivity index (χ1) is 3.66. The number of rotatable bonds is 2. The first-order valence-corrected chi connectivity index (χ1v) is 2.81. The van der Waals surface area contributed by atoms with E-state index in [2.05, 4.69) is 4.99 Å². The molecule has 0 fully saturated rings. The zero-order chi connectivity index (χ0) is 6.57. The third-order valence-corrected chi connectivity index (χ3v) is 0.707. The molecule has 0 saturated heterocycles. The quantitative estimate of drug-likeness (QED) is 0.531. The highest BCUT2D eigenvalue weighted by molar-refractivity contribution is 5.82. The maximum absolute atomic E-state index is 8.45. The summed E-state index contributed by atoms with van der Waals surface area (Å²) >= 11 is 0. The van der Waals surface area contributed by atoms with E-state index in [1.807, 2.05) is 20.8 Å². The number of aliphatic hydroxyl groups is 1. The fraction of sp³-hybridized carbons (Fsp3) is 0.833. The van der Waals surface area contributed by atoms with Crippen molar-refractivity contribution in [1.82, 2.24) is 0 Å². The van der Waals surface area contributed by atoms with E-state index in [0.717, 1.165) is 5.71 Å². The molecular formula is C6H13NO. The first kappa shape index (κ1) is 7.63. The van der Waals surface area contributed by atoms with E-state index < -0.39 is 0 Å². The van der Waals surface area contributed by atoms with Gasteiger partial charge in [-0.1, -0.05) is 0 Å². The van der Waals surface area contributed by atoms with Crippen LogP contribution in [0.15, 0.2) is 4.99 Å². The summed E-state index contributed by atoms with van der Waals surface area (Å²) < 4.78 is 0. The molecule has 8 heavy (non-hydrogen) atoms. The molecule has 0 rings (SSSR count). The van der Waals surface area contributed by atoms with Crippen molar-refractivity contribution in [2.45, 2.75) is 26.8 Å². The van der Waals surface area contributed by atoms with Crippen molar-refractivity contribution in [3.63, 3.8) is 0 Å². The second-order valence-corrected chi connectivity index (χ2v) is 2.12. The predicted molar refractivity (Wildman–Crippen MR) is 35.3 cm³/mol. The van der Waals surface area contributed by atoms with Crippen LogP contribution in [0, 0.1) is 0 Å². The Balaban J connectivity index is 3.56.